The molecule has 0 aliphatic rings. The van der Waals surface area contributed by atoms with Gasteiger partial charge in [0.1, 0.15) is 5.75 Å². The normalized spacial score (nSPS) is 10.9. The highest BCUT2D eigenvalue weighted by molar-refractivity contribution is 7.92. The third-order valence-electron chi connectivity index (χ3n) is 4.49. The molecule has 3 rings (SSSR count). The number of hydrogen-bond donors (Lipinski definition) is 2. The van der Waals surface area contributed by atoms with Crippen LogP contribution in [0.15, 0.2) is 71.9 Å². The smallest absolute Gasteiger partial charge is 0.271 e. The first-order valence-electron chi connectivity index (χ1n) is 9.42. The molecule has 0 saturated carbocycles. The highest BCUT2D eigenvalue weighted by Crippen LogP contribution is 2.30. The molecule has 11 heteroatoms. The monoisotopic (exact) mass is 456 g/mol. The molecule has 0 fully saturated rings. The van der Waals surface area contributed by atoms with E-state index in [1.165, 1.54) is 43.5 Å². The van der Waals surface area contributed by atoms with E-state index in [1.54, 1.807) is 12.4 Å². The fourth-order valence-electron chi connectivity index (χ4n) is 2.85. The Hall–Kier alpha value is -3.99. The van der Waals surface area contributed by atoms with Crippen LogP contribution in [0.1, 0.15) is 15.9 Å². The Morgan fingerprint density at radius 2 is 1.91 bits per heavy atom. The van der Waals surface area contributed by atoms with Crippen molar-refractivity contribution in [3.05, 3.63) is 88.2 Å². The van der Waals surface area contributed by atoms with Gasteiger partial charge in [-0.3, -0.25) is 24.6 Å². The number of hydrogen-bond acceptors (Lipinski definition) is 7. The number of nitrogens with zero attached hydrogens (tertiary/aromatic N) is 2. The van der Waals surface area contributed by atoms with Crippen LogP contribution < -0.4 is 14.8 Å². The molecule has 1 amide bonds. The van der Waals surface area contributed by atoms with Crippen LogP contribution in [-0.2, 0) is 16.4 Å². The summed E-state index contributed by atoms with van der Waals surface area (Å²) in [5, 5.41) is 13.8. The molecule has 0 unspecified atom stereocenters. The standard InChI is InChI=1S/C21H20N4O6S/c1-31-20-9-6-17(25(27)28)13-19(20)24-32(29,30)18-7-4-16(5-8-18)21(26)23-12-10-15-3-2-11-22-14-15/h2-9,11,13-14,24H,10,12H2,1H3,(H,23,26). The Bertz CT molecular complexity index is 1210. The van der Waals surface area contributed by atoms with Gasteiger partial charge >= 0.3 is 0 Å². The molecule has 0 saturated heterocycles. The highest BCUT2D eigenvalue weighted by Gasteiger charge is 2.19. The zero-order valence-electron chi connectivity index (χ0n) is 17.0. The van der Waals surface area contributed by atoms with Gasteiger partial charge in [0.25, 0.3) is 21.6 Å². The van der Waals surface area contributed by atoms with Crippen LogP contribution in [0.2, 0.25) is 0 Å². The molecule has 1 heterocycles. The van der Waals surface area contributed by atoms with Crippen molar-refractivity contribution in [2.45, 2.75) is 11.3 Å². The number of carbonyl (C=O) groups is 1. The van der Waals surface area contributed by atoms with Crippen LogP contribution in [-0.4, -0.2) is 37.9 Å². The minimum Gasteiger partial charge on any atom is -0.495 e. The van der Waals surface area contributed by atoms with Crippen molar-refractivity contribution in [2.24, 2.45) is 0 Å². The van der Waals surface area contributed by atoms with Crippen molar-refractivity contribution in [2.75, 3.05) is 18.4 Å². The van der Waals surface area contributed by atoms with Gasteiger partial charge in [-0.1, -0.05) is 6.07 Å². The molecule has 32 heavy (non-hydrogen) atoms. The van der Waals surface area contributed by atoms with E-state index < -0.39 is 14.9 Å². The summed E-state index contributed by atoms with van der Waals surface area (Å²) in [5.41, 5.74) is 0.917. The Morgan fingerprint density at radius 3 is 2.53 bits per heavy atom. The molecule has 0 radical (unpaired) electrons. The zero-order valence-corrected chi connectivity index (χ0v) is 17.8. The van der Waals surface area contributed by atoms with E-state index >= 15 is 0 Å². The third kappa shape index (κ3) is 5.58. The summed E-state index contributed by atoms with van der Waals surface area (Å²) in [5.74, 6) is -0.213. The summed E-state index contributed by atoms with van der Waals surface area (Å²) in [7, 11) is -2.75. The summed E-state index contributed by atoms with van der Waals surface area (Å²) in [6.45, 7) is 0.402. The Labute approximate surface area is 184 Å². The van der Waals surface area contributed by atoms with Crippen LogP contribution in [0.25, 0.3) is 0 Å². The lowest BCUT2D eigenvalue weighted by atomic mass is 10.2. The van der Waals surface area contributed by atoms with Crippen LogP contribution in [0.3, 0.4) is 0 Å². The van der Waals surface area contributed by atoms with E-state index in [2.05, 4.69) is 15.0 Å². The van der Waals surface area contributed by atoms with Crippen molar-refractivity contribution in [1.29, 1.82) is 0 Å². The van der Waals surface area contributed by atoms with Crippen LogP contribution >= 0.6 is 0 Å². The van der Waals surface area contributed by atoms with Gasteiger partial charge in [-0.2, -0.15) is 0 Å². The quantitative estimate of drug-likeness (QED) is 0.373. The van der Waals surface area contributed by atoms with Gasteiger partial charge in [0, 0.05) is 36.6 Å². The molecule has 166 valence electrons. The summed E-state index contributed by atoms with van der Waals surface area (Å²) >= 11 is 0. The van der Waals surface area contributed by atoms with Crippen LogP contribution in [0.4, 0.5) is 11.4 Å². The third-order valence-corrected chi connectivity index (χ3v) is 5.87. The summed E-state index contributed by atoms with van der Waals surface area (Å²) < 4.78 is 32.8. The van der Waals surface area contributed by atoms with E-state index in [4.69, 9.17) is 4.74 Å². The predicted octanol–water partition coefficient (Wildman–Crippen LogP) is 2.77. The molecule has 0 atom stereocenters. The average molecular weight is 456 g/mol. The van der Waals surface area contributed by atoms with Gasteiger partial charge in [-0.05, 0) is 48.4 Å². The second kappa shape index (κ2) is 9.88. The van der Waals surface area contributed by atoms with Gasteiger partial charge in [0.2, 0.25) is 0 Å². The minimum absolute atomic E-state index is 0.0704. The number of non-ortho nitro benzene ring substituents is 1. The SMILES string of the molecule is COc1ccc([N+](=O)[O-])cc1NS(=O)(=O)c1ccc(C(=O)NCCc2cccnc2)cc1. The summed E-state index contributed by atoms with van der Waals surface area (Å²) in [6, 6.07) is 12.6. The lowest BCUT2D eigenvalue weighted by molar-refractivity contribution is -0.384. The number of methoxy groups -OCH3 is 1. The maximum atomic E-state index is 12.7. The number of nitrogens with one attached hydrogen (secondary N) is 2. The fourth-order valence-corrected chi connectivity index (χ4v) is 3.91. The second-order valence-corrected chi connectivity index (χ2v) is 8.32. The maximum absolute atomic E-state index is 12.7. The van der Waals surface area contributed by atoms with Gasteiger partial charge in [0.05, 0.1) is 22.6 Å². The lowest BCUT2D eigenvalue weighted by Crippen LogP contribution is -2.25. The van der Waals surface area contributed by atoms with Crippen LogP contribution in [0, 0.1) is 10.1 Å². The first-order chi connectivity index (χ1) is 15.3. The number of amides is 1. The number of carbonyl (C=O) groups excluding carboxylic acids is 1. The number of aromatic nitrogens is 1. The molecular weight excluding hydrogens is 436 g/mol. The van der Waals surface area contributed by atoms with E-state index in [0.29, 0.717) is 18.5 Å². The molecule has 0 aliphatic carbocycles. The minimum atomic E-state index is -4.08. The number of benzene rings is 2. The van der Waals surface area contributed by atoms with E-state index in [0.717, 1.165) is 11.6 Å². The molecule has 1 aromatic heterocycles. The molecule has 2 N–H and O–H groups in total. The molecule has 0 aliphatic heterocycles. The molecule has 0 spiro atoms. The van der Waals surface area contributed by atoms with Gasteiger partial charge in [-0.15, -0.1) is 0 Å². The Balaban J connectivity index is 1.69. The molecule has 3 aromatic rings. The largest absolute Gasteiger partial charge is 0.495 e. The first kappa shape index (κ1) is 22.7. The van der Waals surface area contributed by atoms with Crippen molar-refractivity contribution in [3.63, 3.8) is 0 Å². The Kier molecular flexibility index (Phi) is 7.00. The van der Waals surface area contributed by atoms with Gasteiger partial charge in [0.15, 0.2) is 0 Å². The maximum Gasteiger partial charge on any atom is 0.271 e. The number of pyridine rings is 1. The van der Waals surface area contributed by atoms with Gasteiger partial charge in [-0.25, -0.2) is 8.42 Å². The molecule has 0 bridgehead atoms. The predicted molar refractivity (Wildman–Crippen MR) is 117 cm³/mol. The van der Waals surface area contributed by atoms with E-state index in [9.17, 15) is 23.3 Å². The lowest BCUT2D eigenvalue weighted by Gasteiger charge is -2.12. The molecule has 2 aromatic carbocycles. The Morgan fingerprint density at radius 1 is 1.16 bits per heavy atom. The number of ether oxygens (including phenoxy) is 1. The number of nitro benzene ring substituents is 1. The molecular formula is C21H20N4O6S. The first-order valence-corrected chi connectivity index (χ1v) is 10.9. The number of rotatable bonds is 9. The van der Waals surface area contributed by atoms with Crippen molar-refractivity contribution in [3.8, 4) is 5.75 Å². The van der Waals surface area contributed by atoms with Crippen LogP contribution in [0.5, 0.6) is 5.75 Å². The fraction of sp³-hybridized carbons (Fsp3) is 0.143. The second-order valence-electron chi connectivity index (χ2n) is 6.64. The van der Waals surface area contributed by atoms with Crippen molar-refractivity contribution in [1.82, 2.24) is 10.3 Å². The summed E-state index contributed by atoms with van der Waals surface area (Å²) in [4.78, 5) is 26.5. The van der Waals surface area contributed by atoms with E-state index in [-0.39, 0.29) is 27.9 Å². The number of nitro groups is 1. The topological polar surface area (TPSA) is 141 Å². The summed E-state index contributed by atoms with van der Waals surface area (Å²) in [6.07, 6.45) is 4.00. The zero-order chi connectivity index (χ0) is 23.1. The van der Waals surface area contributed by atoms with Crippen molar-refractivity contribution < 1.29 is 22.9 Å². The van der Waals surface area contributed by atoms with E-state index in [1.807, 2.05) is 12.1 Å². The number of anilines is 1. The molecule has 10 nitrogen and oxygen atoms in total. The van der Waals surface area contributed by atoms with Crippen molar-refractivity contribution >= 4 is 27.3 Å². The highest BCUT2D eigenvalue weighted by atomic mass is 32.2. The number of sulfonamides is 1. The average Bonchev–Trinajstić information content (AvgIpc) is 2.79. The van der Waals surface area contributed by atoms with Gasteiger partial charge < -0.3 is 10.1 Å².